The van der Waals surface area contributed by atoms with Crippen LogP contribution in [0.1, 0.15) is 56.6 Å². The maximum atomic E-state index is 12.5. The van der Waals surface area contributed by atoms with Gasteiger partial charge >= 0.3 is 0 Å². The summed E-state index contributed by atoms with van der Waals surface area (Å²) in [6.45, 7) is 5.06. The van der Waals surface area contributed by atoms with Gasteiger partial charge in [0.15, 0.2) is 5.96 Å². The highest BCUT2D eigenvalue weighted by atomic mass is 16.3. The van der Waals surface area contributed by atoms with Crippen molar-refractivity contribution in [3.8, 4) is 0 Å². The number of carbonyl (C=O) groups is 1. The predicted molar refractivity (Wildman–Crippen MR) is 112 cm³/mol. The number of fused-ring (bicyclic) bond motifs is 1. The van der Waals surface area contributed by atoms with E-state index in [-0.39, 0.29) is 12.0 Å². The largest absolute Gasteiger partial charge is 0.393 e. The van der Waals surface area contributed by atoms with Gasteiger partial charge in [0, 0.05) is 38.6 Å². The van der Waals surface area contributed by atoms with Crippen molar-refractivity contribution >= 4 is 11.9 Å². The zero-order chi connectivity index (χ0) is 19.8. The zero-order valence-corrected chi connectivity index (χ0v) is 17.0. The maximum Gasteiger partial charge on any atom is 0.222 e. The van der Waals surface area contributed by atoms with E-state index in [2.05, 4.69) is 40.7 Å². The fraction of sp³-hybridized carbons (Fsp3) is 0.636. The molecule has 1 amide bonds. The number of nitrogens with one attached hydrogen (secondary N) is 2. The minimum absolute atomic E-state index is 0.148. The Kier molecular flexibility index (Phi) is 7.71. The van der Waals surface area contributed by atoms with Crippen LogP contribution in [0.5, 0.6) is 0 Å². The highest BCUT2D eigenvalue weighted by Crippen LogP contribution is 2.19. The molecule has 1 aliphatic heterocycles. The first kappa shape index (κ1) is 20.6. The van der Waals surface area contributed by atoms with Crippen molar-refractivity contribution in [1.82, 2.24) is 15.5 Å². The Morgan fingerprint density at radius 2 is 1.96 bits per heavy atom. The number of benzene rings is 1. The topological polar surface area (TPSA) is 77.0 Å². The number of aliphatic imine (C=N–C) groups is 1. The summed E-state index contributed by atoms with van der Waals surface area (Å²) < 4.78 is 0. The molecule has 0 bridgehead atoms. The molecule has 0 spiro atoms. The Hall–Kier alpha value is -2.08. The summed E-state index contributed by atoms with van der Waals surface area (Å²) in [6.07, 6.45) is 5.75. The minimum Gasteiger partial charge on any atom is -0.393 e. The molecule has 1 saturated carbocycles. The standard InChI is InChI=1S/C22H34N4O2/c1-2-23-22(25-19-9-11-20(27)12-10-19)24-14-5-8-21(28)26-15-13-17-6-3-4-7-18(17)16-26/h3-4,6-7,19-20,27H,2,5,8-16H2,1H3,(H2,23,24,25). The van der Waals surface area contributed by atoms with Crippen molar-refractivity contribution in [2.24, 2.45) is 4.99 Å². The molecular weight excluding hydrogens is 352 g/mol. The number of guanidine groups is 1. The van der Waals surface area contributed by atoms with Crippen LogP contribution in [0.3, 0.4) is 0 Å². The van der Waals surface area contributed by atoms with Crippen molar-refractivity contribution in [2.75, 3.05) is 19.6 Å². The fourth-order valence-corrected chi connectivity index (χ4v) is 4.02. The van der Waals surface area contributed by atoms with Gasteiger partial charge in [0.2, 0.25) is 5.91 Å². The number of nitrogens with zero attached hydrogens (tertiary/aromatic N) is 2. The number of rotatable bonds is 6. The number of carbonyl (C=O) groups excluding carboxylic acids is 1. The lowest BCUT2D eigenvalue weighted by atomic mass is 9.93. The van der Waals surface area contributed by atoms with Crippen LogP contribution in [0.15, 0.2) is 29.3 Å². The van der Waals surface area contributed by atoms with Crippen LogP contribution in [0.25, 0.3) is 0 Å². The third-order valence-electron chi connectivity index (χ3n) is 5.68. The third-order valence-corrected chi connectivity index (χ3v) is 5.68. The summed E-state index contributed by atoms with van der Waals surface area (Å²) in [5.41, 5.74) is 2.64. The lowest BCUT2D eigenvalue weighted by Crippen LogP contribution is -2.45. The molecule has 28 heavy (non-hydrogen) atoms. The number of aliphatic hydroxyl groups excluding tert-OH is 1. The lowest BCUT2D eigenvalue weighted by Gasteiger charge is -2.29. The van der Waals surface area contributed by atoms with Crippen LogP contribution in [0.4, 0.5) is 0 Å². The van der Waals surface area contributed by atoms with Crippen molar-refractivity contribution in [3.63, 3.8) is 0 Å². The van der Waals surface area contributed by atoms with Crippen LogP contribution in [0, 0.1) is 0 Å². The molecule has 1 aromatic carbocycles. The van der Waals surface area contributed by atoms with Gasteiger partial charge in [-0.1, -0.05) is 24.3 Å². The minimum atomic E-state index is -0.148. The van der Waals surface area contributed by atoms with E-state index in [4.69, 9.17) is 0 Å². The zero-order valence-electron chi connectivity index (χ0n) is 17.0. The molecule has 3 N–H and O–H groups in total. The third kappa shape index (κ3) is 5.96. The second-order valence-corrected chi connectivity index (χ2v) is 7.85. The van der Waals surface area contributed by atoms with E-state index < -0.39 is 0 Å². The molecule has 6 nitrogen and oxygen atoms in total. The smallest absolute Gasteiger partial charge is 0.222 e. The van der Waals surface area contributed by atoms with Crippen LogP contribution in [-0.4, -0.2) is 53.7 Å². The first-order valence-corrected chi connectivity index (χ1v) is 10.7. The van der Waals surface area contributed by atoms with Gasteiger partial charge in [-0.3, -0.25) is 9.79 Å². The summed E-state index contributed by atoms with van der Waals surface area (Å²) in [5.74, 6) is 1.05. The molecule has 2 aliphatic rings. The average Bonchev–Trinajstić information content (AvgIpc) is 2.72. The first-order chi connectivity index (χ1) is 13.7. The highest BCUT2D eigenvalue weighted by molar-refractivity contribution is 5.80. The van der Waals surface area contributed by atoms with Crippen molar-refractivity contribution in [1.29, 1.82) is 0 Å². The monoisotopic (exact) mass is 386 g/mol. The molecule has 1 aliphatic carbocycles. The van der Waals surface area contributed by atoms with Gasteiger partial charge < -0.3 is 20.6 Å². The Bertz CT molecular complexity index is 668. The molecule has 3 rings (SSSR count). The lowest BCUT2D eigenvalue weighted by molar-refractivity contribution is -0.132. The van der Waals surface area contributed by atoms with Gasteiger partial charge in [-0.05, 0) is 56.6 Å². The maximum absolute atomic E-state index is 12.5. The van der Waals surface area contributed by atoms with E-state index in [1.54, 1.807) is 0 Å². The molecule has 6 heteroatoms. The summed E-state index contributed by atoms with van der Waals surface area (Å²) >= 11 is 0. The Balaban J connectivity index is 1.42. The van der Waals surface area contributed by atoms with E-state index in [0.29, 0.717) is 19.0 Å². The summed E-state index contributed by atoms with van der Waals surface area (Å²) in [4.78, 5) is 19.2. The molecule has 1 fully saturated rings. The van der Waals surface area contributed by atoms with E-state index in [9.17, 15) is 9.90 Å². The van der Waals surface area contributed by atoms with Crippen molar-refractivity contribution in [2.45, 2.75) is 70.6 Å². The second kappa shape index (κ2) is 10.5. The molecule has 0 unspecified atom stereocenters. The number of aliphatic hydroxyl groups is 1. The fourth-order valence-electron chi connectivity index (χ4n) is 4.02. The Morgan fingerprint density at radius 1 is 1.21 bits per heavy atom. The molecule has 1 heterocycles. The second-order valence-electron chi connectivity index (χ2n) is 7.85. The van der Waals surface area contributed by atoms with Gasteiger partial charge in [0.1, 0.15) is 0 Å². The van der Waals surface area contributed by atoms with Crippen molar-refractivity contribution in [3.05, 3.63) is 35.4 Å². The summed E-state index contributed by atoms with van der Waals surface area (Å²) in [5, 5.41) is 16.4. The molecule has 1 aromatic rings. The normalized spacial score (nSPS) is 22.5. The van der Waals surface area contributed by atoms with Crippen LogP contribution < -0.4 is 10.6 Å². The van der Waals surface area contributed by atoms with E-state index >= 15 is 0 Å². The van der Waals surface area contributed by atoms with Gasteiger partial charge in [0.25, 0.3) is 0 Å². The molecular formula is C22H34N4O2. The van der Waals surface area contributed by atoms with Crippen molar-refractivity contribution < 1.29 is 9.90 Å². The molecule has 0 atom stereocenters. The summed E-state index contributed by atoms with van der Waals surface area (Å²) in [7, 11) is 0. The van der Waals surface area contributed by atoms with E-state index in [0.717, 1.165) is 64.1 Å². The first-order valence-electron chi connectivity index (χ1n) is 10.7. The molecule has 154 valence electrons. The van der Waals surface area contributed by atoms with E-state index in [1.165, 1.54) is 11.1 Å². The predicted octanol–water partition coefficient (Wildman–Crippen LogP) is 2.21. The van der Waals surface area contributed by atoms with Gasteiger partial charge in [-0.25, -0.2) is 0 Å². The van der Waals surface area contributed by atoms with Crippen LogP contribution in [-0.2, 0) is 17.8 Å². The van der Waals surface area contributed by atoms with Gasteiger partial charge in [0.05, 0.1) is 6.10 Å². The highest BCUT2D eigenvalue weighted by Gasteiger charge is 2.21. The number of hydrogen-bond acceptors (Lipinski definition) is 3. The van der Waals surface area contributed by atoms with Crippen LogP contribution in [0.2, 0.25) is 0 Å². The molecule has 0 aromatic heterocycles. The van der Waals surface area contributed by atoms with Crippen LogP contribution >= 0.6 is 0 Å². The van der Waals surface area contributed by atoms with Gasteiger partial charge in [-0.2, -0.15) is 0 Å². The quantitative estimate of drug-likeness (QED) is 0.398. The SMILES string of the molecule is CCNC(=NCCCC(=O)N1CCc2ccccc2C1)NC1CCC(O)CC1. The number of amides is 1. The Labute approximate surface area is 168 Å². The summed E-state index contributed by atoms with van der Waals surface area (Å²) in [6, 6.07) is 8.77. The Morgan fingerprint density at radius 3 is 2.71 bits per heavy atom. The number of hydrogen-bond donors (Lipinski definition) is 3. The molecule has 0 radical (unpaired) electrons. The van der Waals surface area contributed by atoms with Gasteiger partial charge in [-0.15, -0.1) is 0 Å². The average molecular weight is 387 g/mol. The van der Waals surface area contributed by atoms with E-state index in [1.807, 2.05) is 11.0 Å². The molecule has 0 saturated heterocycles.